The van der Waals surface area contributed by atoms with Crippen molar-refractivity contribution in [3.05, 3.63) is 0 Å². The van der Waals surface area contributed by atoms with Crippen LogP contribution in [-0.4, -0.2) is 30.9 Å². The molecule has 1 aliphatic rings. The summed E-state index contributed by atoms with van der Waals surface area (Å²) in [6, 6.07) is 0. The number of nitrogens with zero attached hydrogens (tertiary/aromatic N) is 1. The van der Waals surface area contributed by atoms with Gasteiger partial charge in [-0.2, -0.15) is 11.8 Å². The highest BCUT2D eigenvalue weighted by Gasteiger charge is 2.02. The fourth-order valence-corrected chi connectivity index (χ4v) is 2.12. The Bertz CT molecular complexity index is 169. The number of thioether (sulfide) groups is 1. The summed E-state index contributed by atoms with van der Waals surface area (Å²) in [5, 5.41) is 3.44. The van der Waals surface area contributed by atoms with Crippen molar-refractivity contribution in [1.82, 2.24) is 5.32 Å². The summed E-state index contributed by atoms with van der Waals surface area (Å²) in [6.07, 6.45) is 9.94. The molecule has 1 N–H and O–H groups in total. The number of rotatable bonds is 6. The molecule has 0 aromatic rings. The van der Waals surface area contributed by atoms with E-state index in [4.69, 9.17) is 0 Å². The molecule has 1 aliphatic heterocycles. The van der Waals surface area contributed by atoms with Crippen LogP contribution in [0.1, 0.15) is 38.5 Å². The minimum atomic E-state index is 1.04. The van der Waals surface area contributed by atoms with E-state index in [1.807, 2.05) is 11.8 Å². The molecule has 0 amide bonds. The number of unbranched alkanes of at least 4 members (excludes halogenated alkanes) is 2. The molecule has 14 heavy (non-hydrogen) atoms. The molecule has 0 saturated carbocycles. The quantitative estimate of drug-likeness (QED) is 0.688. The zero-order chi connectivity index (χ0) is 10.1. The summed E-state index contributed by atoms with van der Waals surface area (Å²) in [5.74, 6) is 2.56. The van der Waals surface area contributed by atoms with Gasteiger partial charge in [0.05, 0.1) is 5.84 Å². The lowest BCUT2D eigenvalue weighted by Gasteiger charge is -2.13. The highest BCUT2D eigenvalue weighted by molar-refractivity contribution is 7.98. The number of nitrogens with one attached hydrogen (secondary N) is 1. The lowest BCUT2D eigenvalue weighted by atomic mass is 10.2. The van der Waals surface area contributed by atoms with E-state index in [9.17, 15) is 0 Å². The Morgan fingerprint density at radius 3 is 2.93 bits per heavy atom. The van der Waals surface area contributed by atoms with E-state index in [-0.39, 0.29) is 0 Å². The second-order valence-corrected chi connectivity index (χ2v) is 4.75. The summed E-state index contributed by atoms with van der Waals surface area (Å²) in [6.45, 7) is 2.15. The molecular formula is C11H22N2S. The SMILES string of the molecule is CSCCCCCNC1=NCCCC1. The number of hydrogen-bond donors (Lipinski definition) is 1. The van der Waals surface area contributed by atoms with Crippen molar-refractivity contribution in [2.24, 2.45) is 4.99 Å². The third-order valence-electron chi connectivity index (χ3n) is 2.48. The summed E-state index contributed by atoms with van der Waals surface area (Å²) in [4.78, 5) is 4.46. The van der Waals surface area contributed by atoms with Crippen molar-refractivity contribution in [3.63, 3.8) is 0 Å². The first-order chi connectivity index (χ1) is 6.93. The summed E-state index contributed by atoms with van der Waals surface area (Å²) >= 11 is 1.94. The Morgan fingerprint density at radius 1 is 1.29 bits per heavy atom. The van der Waals surface area contributed by atoms with E-state index in [2.05, 4.69) is 16.6 Å². The van der Waals surface area contributed by atoms with Crippen molar-refractivity contribution >= 4 is 17.6 Å². The van der Waals surface area contributed by atoms with E-state index in [1.165, 1.54) is 50.1 Å². The van der Waals surface area contributed by atoms with Crippen LogP contribution in [0.5, 0.6) is 0 Å². The lowest BCUT2D eigenvalue weighted by molar-refractivity contribution is 0.667. The highest BCUT2D eigenvalue weighted by Crippen LogP contribution is 2.05. The average Bonchev–Trinajstić information content (AvgIpc) is 2.25. The van der Waals surface area contributed by atoms with Crippen LogP contribution in [0.3, 0.4) is 0 Å². The predicted octanol–water partition coefficient (Wildman–Crippen LogP) is 2.69. The van der Waals surface area contributed by atoms with Gasteiger partial charge >= 0.3 is 0 Å². The van der Waals surface area contributed by atoms with Crippen LogP contribution >= 0.6 is 11.8 Å². The van der Waals surface area contributed by atoms with Gasteiger partial charge < -0.3 is 5.32 Å². The Kier molecular flexibility index (Phi) is 6.93. The van der Waals surface area contributed by atoms with Gasteiger partial charge in [-0.3, -0.25) is 4.99 Å². The van der Waals surface area contributed by atoms with Crippen molar-refractivity contribution in [2.75, 3.05) is 25.1 Å². The Morgan fingerprint density at radius 2 is 2.21 bits per heavy atom. The molecule has 1 heterocycles. The zero-order valence-corrected chi connectivity index (χ0v) is 10.0. The van der Waals surface area contributed by atoms with Crippen LogP contribution in [0.2, 0.25) is 0 Å². The van der Waals surface area contributed by atoms with E-state index in [0.717, 1.165) is 13.1 Å². The molecular weight excluding hydrogens is 192 g/mol. The zero-order valence-electron chi connectivity index (χ0n) is 9.22. The molecule has 82 valence electrons. The molecule has 0 fully saturated rings. The fourth-order valence-electron chi connectivity index (χ4n) is 1.62. The number of amidine groups is 1. The molecule has 0 unspecified atom stereocenters. The van der Waals surface area contributed by atoms with Crippen molar-refractivity contribution < 1.29 is 0 Å². The molecule has 0 aromatic heterocycles. The number of aliphatic imine (C=N–C) groups is 1. The lowest BCUT2D eigenvalue weighted by Crippen LogP contribution is -2.26. The molecule has 0 saturated heterocycles. The largest absolute Gasteiger partial charge is 0.374 e. The maximum absolute atomic E-state index is 4.46. The molecule has 0 radical (unpaired) electrons. The summed E-state index contributed by atoms with van der Waals surface area (Å²) < 4.78 is 0. The second kappa shape index (κ2) is 8.16. The first-order valence-corrected chi connectivity index (χ1v) is 7.09. The fraction of sp³-hybridized carbons (Fsp3) is 0.909. The van der Waals surface area contributed by atoms with Gasteiger partial charge in [0.2, 0.25) is 0 Å². The maximum Gasteiger partial charge on any atom is 0.0963 e. The van der Waals surface area contributed by atoms with Gasteiger partial charge in [0, 0.05) is 19.5 Å². The number of hydrogen-bond acceptors (Lipinski definition) is 3. The maximum atomic E-state index is 4.46. The Balaban J connectivity index is 1.90. The van der Waals surface area contributed by atoms with Crippen LogP contribution in [0.15, 0.2) is 4.99 Å². The minimum Gasteiger partial charge on any atom is -0.374 e. The summed E-state index contributed by atoms with van der Waals surface area (Å²) in [7, 11) is 0. The van der Waals surface area contributed by atoms with Gasteiger partial charge in [-0.15, -0.1) is 0 Å². The van der Waals surface area contributed by atoms with Gasteiger partial charge in [0.1, 0.15) is 0 Å². The van der Waals surface area contributed by atoms with Gasteiger partial charge in [-0.05, 0) is 37.7 Å². The molecule has 2 nitrogen and oxygen atoms in total. The molecule has 0 aliphatic carbocycles. The highest BCUT2D eigenvalue weighted by atomic mass is 32.2. The Hall–Kier alpha value is -0.180. The standard InChI is InChI=1S/C11H22N2S/c1-14-10-6-2-4-8-12-11-7-3-5-9-13-11/h2-10H2,1H3,(H,12,13). The van der Waals surface area contributed by atoms with Gasteiger partial charge in [-0.25, -0.2) is 0 Å². The third kappa shape index (κ3) is 5.53. The third-order valence-corrected chi connectivity index (χ3v) is 3.18. The van der Waals surface area contributed by atoms with Crippen LogP contribution < -0.4 is 5.32 Å². The molecule has 0 spiro atoms. The average molecular weight is 214 g/mol. The second-order valence-electron chi connectivity index (χ2n) is 3.77. The molecule has 1 rings (SSSR count). The minimum absolute atomic E-state index is 1.04. The van der Waals surface area contributed by atoms with Crippen LogP contribution in [0, 0.1) is 0 Å². The van der Waals surface area contributed by atoms with Crippen molar-refractivity contribution in [3.8, 4) is 0 Å². The summed E-state index contributed by atoms with van der Waals surface area (Å²) in [5.41, 5.74) is 0. The predicted molar refractivity (Wildman–Crippen MR) is 66.4 cm³/mol. The molecule has 0 bridgehead atoms. The van der Waals surface area contributed by atoms with Crippen LogP contribution in [0.4, 0.5) is 0 Å². The van der Waals surface area contributed by atoms with Crippen LogP contribution in [0.25, 0.3) is 0 Å². The molecule has 0 atom stereocenters. The topological polar surface area (TPSA) is 24.4 Å². The Labute approximate surface area is 92.0 Å². The van der Waals surface area contributed by atoms with Gasteiger partial charge in [-0.1, -0.05) is 6.42 Å². The van der Waals surface area contributed by atoms with Crippen molar-refractivity contribution in [2.45, 2.75) is 38.5 Å². The first-order valence-electron chi connectivity index (χ1n) is 5.69. The molecule has 0 aromatic carbocycles. The van der Waals surface area contributed by atoms with E-state index >= 15 is 0 Å². The van der Waals surface area contributed by atoms with Crippen molar-refractivity contribution in [1.29, 1.82) is 0 Å². The van der Waals surface area contributed by atoms with Crippen LogP contribution in [-0.2, 0) is 0 Å². The normalized spacial score (nSPS) is 16.5. The van der Waals surface area contributed by atoms with E-state index in [0.29, 0.717) is 0 Å². The van der Waals surface area contributed by atoms with E-state index in [1.54, 1.807) is 0 Å². The monoisotopic (exact) mass is 214 g/mol. The smallest absolute Gasteiger partial charge is 0.0963 e. The molecule has 3 heteroatoms. The first kappa shape index (κ1) is 11.9. The van der Waals surface area contributed by atoms with Gasteiger partial charge in [0.25, 0.3) is 0 Å². The van der Waals surface area contributed by atoms with E-state index < -0.39 is 0 Å². The van der Waals surface area contributed by atoms with Gasteiger partial charge in [0.15, 0.2) is 0 Å².